The highest BCUT2D eigenvalue weighted by atomic mass is 32.1. The van der Waals surface area contributed by atoms with Crippen molar-refractivity contribution >= 4 is 11.3 Å². The fourth-order valence-corrected chi connectivity index (χ4v) is 2.87. The molecule has 1 aromatic heterocycles. The average Bonchev–Trinajstić information content (AvgIpc) is 2.82. The zero-order valence-electron chi connectivity index (χ0n) is 9.10. The van der Waals surface area contributed by atoms with Crippen molar-refractivity contribution in [1.82, 2.24) is 9.88 Å². The van der Waals surface area contributed by atoms with Crippen molar-refractivity contribution in [2.45, 2.75) is 19.5 Å². The van der Waals surface area contributed by atoms with Crippen LogP contribution in [0.25, 0.3) is 0 Å². The van der Waals surface area contributed by atoms with Crippen LogP contribution in [0.3, 0.4) is 0 Å². The number of rotatable bonds is 2. The lowest BCUT2D eigenvalue weighted by Gasteiger charge is -2.27. The molecule has 0 fully saturated rings. The van der Waals surface area contributed by atoms with Crippen LogP contribution in [0.15, 0.2) is 35.8 Å². The highest BCUT2D eigenvalue weighted by molar-refractivity contribution is 7.09. The Morgan fingerprint density at radius 2 is 2.12 bits per heavy atom. The van der Waals surface area contributed by atoms with E-state index >= 15 is 0 Å². The fourth-order valence-electron chi connectivity index (χ4n) is 2.21. The van der Waals surface area contributed by atoms with E-state index in [1.54, 1.807) is 11.3 Å². The zero-order valence-corrected chi connectivity index (χ0v) is 9.91. The summed E-state index contributed by atoms with van der Waals surface area (Å²) >= 11 is 1.75. The Morgan fingerprint density at radius 3 is 2.94 bits per heavy atom. The number of fused-ring (bicyclic) bond motifs is 1. The molecule has 0 radical (unpaired) electrons. The normalized spacial score (nSPS) is 16.0. The lowest BCUT2D eigenvalue weighted by Crippen LogP contribution is -2.29. The minimum Gasteiger partial charge on any atom is -0.292 e. The van der Waals surface area contributed by atoms with Gasteiger partial charge >= 0.3 is 0 Å². The van der Waals surface area contributed by atoms with Gasteiger partial charge in [-0.05, 0) is 17.5 Å². The van der Waals surface area contributed by atoms with Gasteiger partial charge in [0.25, 0.3) is 0 Å². The van der Waals surface area contributed by atoms with E-state index in [4.69, 9.17) is 0 Å². The molecule has 0 atom stereocenters. The van der Waals surface area contributed by atoms with Crippen LogP contribution in [0.1, 0.15) is 16.1 Å². The van der Waals surface area contributed by atoms with Crippen LogP contribution >= 0.6 is 11.3 Å². The number of nitrogens with zero attached hydrogens (tertiary/aromatic N) is 2. The first-order valence-corrected chi connectivity index (χ1v) is 6.47. The summed E-state index contributed by atoms with van der Waals surface area (Å²) in [5.74, 6) is 0. The van der Waals surface area contributed by atoms with Gasteiger partial charge in [0.1, 0.15) is 5.01 Å². The van der Waals surface area contributed by atoms with E-state index in [0.29, 0.717) is 0 Å². The van der Waals surface area contributed by atoms with Gasteiger partial charge in [0, 0.05) is 24.7 Å². The second kappa shape index (κ2) is 4.36. The van der Waals surface area contributed by atoms with E-state index in [1.807, 2.05) is 11.6 Å². The Kier molecular flexibility index (Phi) is 2.72. The molecule has 1 aliphatic heterocycles. The topological polar surface area (TPSA) is 16.1 Å². The lowest BCUT2D eigenvalue weighted by atomic mass is 10.0. The molecular weight excluding hydrogens is 216 g/mol. The highest BCUT2D eigenvalue weighted by Crippen LogP contribution is 2.20. The maximum Gasteiger partial charge on any atom is 0.107 e. The van der Waals surface area contributed by atoms with Gasteiger partial charge in [0.15, 0.2) is 0 Å². The predicted molar refractivity (Wildman–Crippen MR) is 66.4 cm³/mol. The molecule has 0 N–H and O–H groups in total. The molecule has 0 spiro atoms. The summed E-state index contributed by atoms with van der Waals surface area (Å²) in [6.07, 6.45) is 3.06. The van der Waals surface area contributed by atoms with Crippen molar-refractivity contribution in [1.29, 1.82) is 0 Å². The van der Waals surface area contributed by atoms with Crippen LogP contribution in [0.4, 0.5) is 0 Å². The van der Waals surface area contributed by atoms with Crippen molar-refractivity contribution in [3.8, 4) is 0 Å². The third-order valence-electron chi connectivity index (χ3n) is 3.05. The van der Waals surface area contributed by atoms with Gasteiger partial charge in [0.2, 0.25) is 0 Å². The summed E-state index contributed by atoms with van der Waals surface area (Å²) < 4.78 is 0. The van der Waals surface area contributed by atoms with Crippen LogP contribution < -0.4 is 0 Å². The molecule has 3 heteroatoms. The van der Waals surface area contributed by atoms with Gasteiger partial charge in [-0.25, -0.2) is 4.98 Å². The lowest BCUT2D eigenvalue weighted by molar-refractivity contribution is 0.245. The van der Waals surface area contributed by atoms with Gasteiger partial charge in [-0.3, -0.25) is 4.90 Å². The maximum absolute atomic E-state index is 4.34. The van der Waals surface area contributed by atoms with E-state index in [1.165, 1.54) is 22.6 Å². The van der Waals surface area contributed by atoms with Crippen molar-refractivity contribution < 1.29 is 0 Å². The number of thiazole rings is 1. The van der Waals surface area contributed by atoms with E-state index in [2.05, 4.69) is 34.1 Å². The molecule has 0 bridgehead atoms. The molecule has 0 unspecified atom stereocenters. The molecule has 2 aromatic rings. The van der Waals surface area contributed by atoms with Gasteiger partial charge in [-0.15, -0.1) is 11.3 Å². The largest absolute Gasteiger partial charge is 0.292 e. The van der Waals surface area contributed by atoms with Gasteiger partial charge < -0.3 is 0 Å². The molecule has 82 valence electrons. The number of hydrogen-bond donors (Lipinski definition) is 0. The van der Waals surface area contributed by atoms with E-state index in [-0.39, 0.29) is 0 Å². The SMILES string of the molecule is c1ccc2c(c1)CCN(Cc1nccs1)C2. The Balaban J connectivity index is 1.73. The number of benzene rings is 1. The van der Waals surface area contributed by atoms with Crippen LogP contribution in [-0.2, 0) is 19.5 Å². The first-order chi connectivity index (χ1) is 7.92. The van der Waals surface area contributed by atoms with Crippen molar-refractivity contribution in [2.24, 2.45) is 0 Å². The zero-order chi connectivity index (χ0) is 10.8. The van der Waals surface area contributed by atoms with E-state index in [9.17, 15) is 0 Å². The van der Waals surface area contributed by atoms with Crippen LogP contribution in [-0.4, -0.2) is 16.4 Å². The summed E-state index contributed by atoms with van der Waals surface area (Å²) in [5.41, 5.74) is 2.99. The summed E-state index contributed by atoms with van der Waals surface area (Å²) in [4.78, 5) is 6.82. The summed E-state index contributed by atoms with van der Waals surface area (Å²) in [7, 11) is 0. The first-order valence-electron chi connectivity index (χ1n) is 5.59. The third-order valence-corrected chi connectivity index (χ3v) is 3.82. The minimum absolute atomic E-state index is 0.992. The van der Waals surface area contributed by atoms with E-state index in [0.717, 1.165) is 19.6 Å². The maximum atomic E-state index is 4.34. The van der Waals surface area contributed by atoms with Crippen molar-refractivity contribution in [3.05, 3.63) is 52.0 Å². The molecule has 1 aromatic carbocycles. The molecule has 0 saturated carbocycles. The number of hydrogen-bond acceptors (Lipinski definition) is 3. The van der Waals surface area contributed by atoms with Crippen LogP contribution in [0.5, 0.6) is 0 Å². The Labute approximate surface area is 99.6 Å². The monoisotopic (exact) mass is 230 g/mol. The Bertz CT molecular complexity index is 465. The smallest absolute Gasteiger partial charge is 0.107 e. The summed E-state index contributed by atoms with van der Waals surface area (Å²) in [6, 6.07) is 8.75. The molecule has 2 heterocycles. The average molecular weight is 230 g/mol. The molecule has 0 saturated heterocycles. The standard InChI is InChI=1S/C13H14N2S/c1-2-4-12-9-15(7-5-11(12)3-1)10-13-14-6-8-16-13/h1-4,6,8H,5,7,9-10H2. The second-order valence-corrected chi connectivity index (χ2v) is 5.13. The first kappa shape index (κ1) is 10.00. The molecule has 2 nitrogen and oxygen atoms in total. The van der Waals surface area contributed by atoms with Gasteiger partial charge in [-0.1, -0.05) is 24.3 Å². The van der Waals surface area contributed by atoms with E-state index < -0.39 is 0 Å². The Hall–Kier alpha value is -1.19. The molecule has 3 rings (SSSR count). The molecule has 0 amide bonds. The molecule has 16 heavy (non-hydrogen) atoms. The van der Waals surface area contributed by atoms with Crippen LogP contribution in [0, 0.1) is 0 Å². The number of aromatic nitrogens is 1. The Morgan fingerprint density at radius 1 is 1.25 bits per heavy atom. The van der Waals surface area contributed by atoms with Crippen molar-refractivity contribution in [2.75, 3.05) is 6.54 Å². The second-order valence-electron chi connectivity index (χ2n) is 4.16. The third kappa shape index (κ3) is 2.01. The summed E-state index contributed by atoms with van der Waals surface area (Å²) in [5, 5.41) is 3.27. The van der Waals surface area contributed by atoms with Crippen molar-refractivity contribution in [3.63, 3.8) is 0 Å². The van der Waals surface area contributed by atoms with Gasteiger partial charge in [0.05, 0.1) is 6.54 Å². The molecule has 1 aliphatic rings. The molecule has 0 aliphatic carbocycles. The fraction of sp³-hybridized carbons (Fsp3) is 0.308. The summed E-state index contributed by atoms with van der Waals surface area (Å²) in [6.45, 7) is 3.21. The predicted octanol–water partition coefficient (Wildman–Crippen LogP) is 2.70. The highest BCUT2D eigenvalue weighted by Gasteiger charge is 2.16. The van der Waals surface area contributed by atoms with Crippen LogP contribution in [0.2, 0.25) is 0 Å². The quantitative estimate of drug-likeness (QED) is 0.788. The molecular formula is C13H14N2S. The van der Waals surface area contributed by atoms with Gasteiger partial charge in [-0.2, -0.15) is 0 Å². The minimum atomic E-state index is 0.992.